The molecule has 19 nitrogen and oxygen atoms in total. The maximum atomic E-state index is 12.9. The van der Waals surface area contributed by atoms with E-state index in [1.807, 2.05) is 49.1 Å². The molecule has 0 bridgehead atoms. The van der Waals surface area contributed by atoms with E-state index in [1.54, 1.807) is 13.0 Å². The number of carbonyl (C=O) groups is 4. The van der Waals surface area contributed by atoms with Gasteiger partial charge >= 0.3 is 0 Å². The molecule has 4 aliphatic rings. The van der Waals surface area contributed by atoms with Crippen LogP contribution in [0.2, 0.25) is 0 Å². The van der Waals surface area contributed by atoms with Gasteiger partial charge in [0.25, 0.3) is 20.2 Å². The van der Waals surface area contributed by atoms with Gasteiger partial charge in [0.15, 0.2) is 5.71 Å². The number of imide groups is 1. The lowest BCUT2D eigenvalue weighted by atomic mass is 9.81. The highest BCUT2D eigenvalue weighted by Gasteiger charge is 2.45. The number of anilines is 1. The summed E-state index contributed by atoms with van der Waals surface area (Å²) >= 11 is 1.24. The quantitative estimate of drug-likeness (QED) is 0.0282. The number of primary amides is 1. The zero-order valence-corrected chi connectivity index (χ0v) is 48.2. The Labute approximate surface area is 467 Å². The number of ether oxygens (including phenoxy) is 1. The van der Waals surface area contributed by atoms with E-state index in [2.05, 4.69) is 41.9 Å². The van der Waals surface area contributed by atoms with Gasteiger partial charge < -0.3 is 25.2 Å². The smallest absolute Gasteiger partial charge is 0.294 e. The molecule has 79 heavy (non-hydrogen) atoms. The van der Waals surface area contributed by atoms with E-state index in [-0.39, 0.29) is 59.9 Å². The molecule has 3 aromatic carbocycles. The van der Waals surface area contributed by atoms with Crippen LogP contribution in [0.5, 0.6) is 5.75 Å². The third kappa shape index (κ3) is 14.7. The van der Waals surface area contributed by atoms with Crippen LogP contribution < -0.4 is 20.7 Å². The summed E-state index contributed by atoms with van der Waals surface area (Å²) in [6.07, 6.45) is 12.8. The molecule has 1 unspecified atom stereocenters. The van der Waals surface area contributed by atoms with Crippen molar-refractivity contribution in [2.24, 2.45) is 11.7 Å². The summed E-state index contributed by atoms with van der Waals surface area (Å²) in [5, 5.41) is 2.26. The van der Waals surface area contributed by atoms with Crippen LogP contribution >= 0.6 is 11.8 Å². The molecule has 5 N–H and O–H groups in total. The molecule has 0 aromatic heterocycles. The topological polar surface area (TPSA) is 291 Å². The first kappa shape index (κ1) is 60.7. The number of para-hydroxylation sites is 1. The summed E-state index contributed by atoms with van der Waals surface area (Å²) < 4.78 is 112. The van der Waals surface area contributed by atoms with Crippen LogP contribution in [-0.2, 0) is 60.4 Å². The first-order valence-electron chi connectivity index (χ1n) is 26.3. The first-order valence-corrected chi connectivity index (χ1v) is 31.8. The Morgan fingerprint density at radius 3 is 2.25 bits per heavy atom. The summed E-state index contributed by atoms with van der Waals surface area (Å²) in [4.78, 5) is 52.2. The standard InChI is InChI=1S/C56H69N5O14S4/c1-37(53(57)64)36-76-47-35-51(63)61(54(47)65)32-29-58-50(62)18-7-6-10-30-59-45-17-9-8-16-43(45)55(2,3)48(59)27-19-38-14-13-15-39(52(38)75-40-21-23-41(24-22-40)78(69,70)71)20-28-49-56(4,5)44-34-42(79(72,73)74)25-26-46(44)60(49)31-11-12-33-77(66,67)68/h8-9,16-17,19-28,34,37,47H,6-7,10-15,18,29-33,35-36H2,1-5H3,(H5-,57,58,62,64,66,67,68,69,70,71,72,73,74)/t37-,47?/m1/s1. The van der Waals surface area contributed by atoms with Crippen LogP contribution in [0.4, 0.5) is 11.4 Å². The van der Waals surface area contributed by atoms with Crippen molar-refractivity contribution < 1.29 is 67.4 Å². The van der Waals surface area contributed by atoms with Crippen LogP contribution in [0.1, 0.15) is 110 Å². The Hall–Kier alpha value is -5.95. The Morgan fingerprint density at radius 2 is 1.57 bits per heavy atom. The van der Waals surface area contributed by atoms with Gasteiger partial charge in [-0.25, -0.2) is 8.42 Å². The number of nitrogens with zero attached hydrogens (tertiary/aromatic N) is 3. The number of unbranched alkanes of at least 4 members (excludes halogenated alkanes) is 3. The summed E-state index contributed by atoms with van der Waals surface area (Å²) in [7, 11) is -13.5. The van der Waals surface area contributed by atoms with Crippen molar-refractivity contribution in [3.63, 3.8) is 0 Å². The van der Waals surface area contributed by atoms with Gasteiger partial charge in [-0.1, -0.05) is 45.0 Å². The van der Waals surface area contributed by atoms with Gasteiger partial charge in [0.05, 0.1) is 26.2 Å². The number of amides is 4. The zero-order chi connectivity index (χ0) is 57.7. The van der Waals surface area contributed by atoms with Crippen molar-refractivity contribution in [2.75, 3.05) is 42.6 Å². The van der Waals surface area contributed by atoms with Gasteiger partial charge in [-0.15, -0.1) is 11.8 Å². The lowest BCUT2D eigenvalue weighted by molar-refractivity contribution is -0.438. The Kier molecular flexibility index (Phi) is 19.1. The largest absolute Gasteiger partial charge is 0.744 e. The summed E-state index contributed by atoms with van der Waals surface area (Å²) in [6, 6.07) is 17.8. The number of allylic oxidation sites excluding steroid dienone is 7. The minimum atomic E-state index is -4.80. The van der Waals surface area contributed by atoms with Crippen molar-refractivity contribution in [3.05, 3.63) is 125 Å². The van der Waals surface area contributed by atoms with Crippen LogP contribution in [0.15, 0.2) is 123 Å². The van der Waals surface area contributed by atoms with E-state index in [0.717, 1.165) is 58.0 Å². The molecule has 1 aliphatic carbocycles. The molecule has 426 valence electrons. The van der Waals surface area contributed by atoms with Crippen molar-refractivity contribution in [1.29, 1.82) is 0 Å². The lowest BCUT2D eigenvalue weighted by Crippen LogP contribution is -2.39. The fourth-order valence-corrected chi connectivity index (χ4v) is 13.2. The van der Waals surface area contributed by atoms with Gasteiger partial charge in [-0.3, -0.25) is 33.2 Å². The molecule has 4 amide bonds. The highest BCUT2D eigenvalue weighted by Crippen LogP contribution is 2.49. The van der Waals surface area contributed by atoms with Crippen molar-refractivity contribution in [1.82, 2.24) is 10.2 Å². The third-order valence-corrected chi connectivity index (χ3v) is 18.8. The molecule has 7 rings (SSSR count). The molecular weight excluding hydrogens is 1090 g/mol. The maximum Gasteiger partial charge on any atom is 0.294 e. The summed E-state index contributed by atoms with van der Waals surface area (Å²) in [5.74, 6) is -1.02. The third-order valence-electron chi connectivity index (χ3n) is 14.9. The van der Waals surface area contributed by atoms with E-state index in [9.17, 15) is 58.1 Å². The Morgan fingerprint density at radius 1 is 0.861 bits per heavy atom. The van der Waals surface area contributed by atoms with Gasteiger partial charge in [0.1, 0.15) is 28.2 Å². The molecule has 1 saturated heterocycles. The summed E-state index contributed by atoms with van der Waals surface area (Å²) in [5.41, 5.74) is 10.8. The van der Waals surface area contributed by atoms with Crippen LogP contribution in [-0.4, -0.2) is 121 Å². The number of hydrogen-bond donors (Lipinski definition) is 4. The average molecular weight is 1160 g/mol. The minimum absolute atomic E-state index is 0.0396. The van der Waals surface area contributed by atoms with Gasteiger partial charge in [0, 0.05) is 85.1 Å². The predicted molar refractivity (Wildman–Crippen MR) is 300 cm³/mol. The van der Waals surface area contributed by atoms with Crippen molar-refractivity contribution in [2.45, 2.75) is 125 Å². The maximum absolute atomic E-state index is 12.9. The molecule has 23 heteroatoms. The number of rotatable bonds is 25. The second kappa shape index (κ2) is 24.8. The van der Waals surface area contributed by atoms with Gasteiger partial charge in [-0.2, -0.15) is 21.4 Å². The molecule has 3 aliphatic heterocycles. The fourth-order valence-electron chi connectivity index (χ4n) is 10.5. The zero-order valence-electron chi connectivity index (χ0n) is 45.0. The van der Waals surface area contributed by atoms with E-state index >= 15 is 0 Å². The van der Waals surface area contributed by atoms with Crippen LogP contribution in [0.25, 0.3) is 0 Å². The highest BCUT2D eigenvalue weighted by molar-refractivity contribution is 8.00. The number of carbonyl (C=O) groups excluding carboxylic acids is 4. The number of benzene rings is 3. The summed E-state index contributed by atoms with van der Waals surface area (Å²) in [6.45, 7) is 10.9. The Balaban J connectivity index is 1.13. The number of nitrogens with one attached hydrogen (secondary N) is 1. The molecule has 0 saturated carbocycles. The number of nitrogens with two attached hydrogens (primary N) is 1. The number of hydrogen-bond acceptors (Lipinski definition) is 14. The van der Waals surface area contributed by atoms with E-state index in [4.69, 9.17) is 10.5 Å². The molecule has 3 heterocycles. The predicted octanol–water partition coefficient (Wildman–Crippen LogP) is 7.22. The SMILES string of the molecule is C[C@H](CSC1CC(=O)N(CCNC(=O)CCCCC[N+]2=C(/C=C/C3=C(Oc4ccc(S(=O)(=O)O)cc4)C(=C/C=C4/N(CCCCS(=O)(=O)O)c5ccc(S(=O)(=O)[O-])cc5C4(C)C)/CCC3)C(C)(C)c3ccccc32)C1=O)C(N)=O. The van der Waals surface area contributed by atoms with Crippen LogP contribution in [0.3, 0.4) is 0 Å². The van der Waals surface area contributed by atoms with Crippen molar-refractivity contribution >= 4 is 82.8 Å². The molecular formula is C56H69N5O14S4. The fraction of sp³-hybridized carbons (Fsp3) is 0.446. The number of fused-ring (bicyclic) bond motifs is 2. The molecule has 0 spiro atoms. The monoisotopic (exact) mass is 1160 g/mol. The number of likely N-dealkylation sites (tertiary alicyclic amines) is 1. The van der Waals surface area contributed by atoms with Gasteiger partial charge in [-0.05, 0) is 130 Å². The van der Waals surface area contributed by atoms with E-state index in [1.165, 1.54) is 48.2 Å². The number of thioether (sulfide) groups is 1. The Bertz CT molecular complexity index is 3380. The molecule has 2 atom stereocenters. The minimum Gasteiger partial charge on any atom is -0.744 e. The highest BCUT2D eigenvalue weighted by atomic mass is 32.2. The second-order valence-electron chi connectivity index (χ2n) is 21.3. The second-order valence-corrected chi connectivity index (χ2v) is 26.9. The molecule has 3 aromatic rings. The average Bonchev–Trinajstić information content (AvgIpc) is 4.05. The first-order chi connectivity index (χ1) is 37.1. The molecule has 0 radical (unpaired) electrons. The van der Waals surface area contributed by atoms with Crippen molar-refractivity contribution in [3.8, 4) is 5.75 Å². The van der Waals surface area contributed by atoms with E-state index < -0.39 is 64.0 Å². The van der Waals surface area contributed by atoms with Crippen LogP contribution in [0, 0.1) is 5.92 Å². The normalized spacial score (nSPS) is 19.7. The molecule has 1 fully saturated rings. The van der Waals surface area contributed by atoms with Gasteiger partial charge in [0.2, 0.25) is 29.3 Å². The lowest BCUT2D eigenvalue weighted by Gasteiger charge is -2.27. The van der Waals surface area contributed by atoms with E-state index in [0.29, 0.717) is 67.3 Å².